The van der Waals surface area contributed by atoms with Crippen LogP contribution >= 0.6 is 0 Å². The summed E-state index contributed by atoms with van der Waals surface area (Å²) in [4.78, 5) is 23.4. The van der Waals surface area contributed by atoms with Gasteiger partial charge in [-0.1, -0.05) is 59.7 Å². The Morgan fingerprint density at radius 1 is 0.897 bits per heavy atom. The highest BCUT2D eigenvalue weighted by Gasteiger charge is 2.60. The summed E-state index contributed by atoms with van der Waals surface area (Å²) in [6, 6.07) is 22.7. The smallest absolute Gasteiger partial charge is 0.269 e. The molecule has 1 saturated carbocycles. The van der Waals surface area contributed by atoms with Gasteiger partial charge >= 0.3 is 0 Å². The van der Waals surface area contributed by atoms with Crippen LogP contribution in [-0.4, -0.2) is 10.8 Å². The molecule has 1 atom stereocenters. The molecular formula is C24H22N2O3. The largest absolute Gasteiger partial charge is 0.326 e. The third-order valence-electron chi connectivity index (χ3n) is 5.76. The molecule has 0 heterocycles. The fourth-order valence-corrected chi connectivity index (χ4v) is 3.98. The second-order valence-electron chi connectivity index (χ2n) is 7.75. The lowest BCUT2D eigenvalue weighted by molar-refractivity contribution is -0.384. The monoisotopic (exact) mass is 386 g/mol. The Hall–Kier alpha value is -3.47. The molecule has 4 rings (SSSR count). The van der Waals surface area contributed by atoms with Crippen molar-refractivity contribution in [2.24, 2.45) is 5.92 Å². The lowest BCUT2D eigenvalue weighted by atomic mass is 9.85. The summed E-state index contributed by atoms with van der Waals surface area (Å²) >= 11 is 0. The number of benzene rings is 3. The number of nitrogens with zero attached hydrogens (tertiary/aromatic N) is 1. The van der Waals surface area contributed by atoms with Gasteiger partial charge in [0.15, 0.2) is 0 Å². The van der Waals surface area contributed by atoms with Crippen molar-refractivity contribution in [2.75, 3.05) is 5.32 Å². The van der Waals surface area contributed by atoms with E-state index in [0.717, 1.165) is 17.5 Å². The molecule has 5 heteroatoms. The number of non-ortho nitro benzene ring substituents is 1. The minimum Gasteiger partial charge on any atom is -0.326 e. The molecule has 1 N–H and O–H groups in total. The summed E-state index contributed by atoms with van der Waals surface area (Å²) < 4.78 is 0. The molecule has 1 aliphatic rings. The summed E-state index contributed by atoms with van der Waals surface area (Å²) in [6.45, 7) is 4.10. The second kappa shape index (κ2) is 7.17. The van der Waals surface area contributed by atoms with Gasteiger partial charge < -0.3 is 5.32 Å². The van der Waals surface area contributed by atoms with Crippen LogP contribution in [0, 0.1) is 29.9 Å². The molecule has 0 saturated heterocycles. The third-order valence-corrected chi connectivity index (χ3v) is 5.76. The predicted octanol–water partition coefficient (Wildman–Crippen LogP) is 5.16. The van der Waals surface area contributed by atoms with Crippen LogP contribution in [0.25, 0.3) is 0 Å². The first-order valence-corrected chi connectivity index (χ1v) is 9.60. The van der Waals surface area contributed by atoms with Crippen molar-refractivity contribution in [2.45, 2.75) is 25.7 Å². The predicted molar refractivity (Wildman–Crippen MR) is 113 cm³/mol. The van der Waals surface area contributed by atoms with Crippen LogP contribution in [-0.2, 0) is 10.2 Å². The van der Waals surface area contributed by atoms with Gasteiger partial charge in [-0.3, -0.25) is 14.9 Å². The first kappa shape index (κ1) is 18.9. The number of amides is 1. The number of nitrogens with one attached hydrogen (secondary N) is 1. The fraction of sp³-hybridized carbons (Fsp3) is 0.208. The Morgan fingerprint density at radius 3 is 1.83 bits per heavy atom. The van der Waals surface area contributed by atoms with E-state index in [2.05, 4.69) is 53.8 Å². The molecule has 1 aliphatic carbocycles. The Balaban J connectivity index is 1.62. The molecule has 29 heavy (non-hydrogen) atoms. The molecule has 0 radical (unpaired) electrons. The van der Waals surface area contributed by atoms with Gasteiger partial charge in [0.1, 0.15) is 0 Å². The van der Waals surface area contributed by atoms with Crippen molar-refractivity contribution in [3.05, 3.63) is 105 Å². The molecule has 0 unspecified atom stereocenters. The van der Waals surface area contributed by atoms with E-state index in [1.54, 1.807) is 12.1 Å². The Labute approximate surface area is 169 Å². The highest BCUT2D eigenvalue weighted by atomic mass is 16.6. The number of nitro groups is 1. The molecule has 0 spiro atoms. The number of rotatable bonds is 5. The van der Waals surface area contributed by atoms with Crippen LogP contribution in [0.5, 0.6) is 0 Å². The van der Waals surface area contributed by atoms with Crippen molar-refractivity contribution >= 4 is 17.3 Å². The van der Waals surface area contributed by atoms with Crippen LogP contribution in [0.15, 0.2) is 72.8 Å². The average molecular weight is 386 g/mol. The highest BCUT2D eigenvalue weighted by molar-refractivity contribution is 5.97. The minimum atomic E-state index is -0.452. The number of carbonyl (C=O) groups is 1. The minimum absolute atomic E-state index is 0.00285. The van der Waals surface area contributed by atoms with Crippen LogP contribution in [0.1, 0.15) is 28.7 Å². The van der Waals surface area contributed by atoms with Gasteiger partial charge in [-0.25, -0.2) is 0 Å². The van der Waals surface area contributed by atoms with E-state index in [4.69, 9.17) is 0 Å². The fourth-order valence-electron chi connectivity index (χ4n) is 3.98. The molecule has 0 aromatic heterocycles. The molecule has 3 aromatic carbocycles. The third kappa shape index (κ3) is 3.51. The first-order valence-electron chi connectivity index (χ1n) is 9.60. The number of hydrogen-bond donors (Lipinski definition) is 1. The Bertz CT molecular complexity index is 1010. The van der Waals surface area contributed by atoms with E-state index in [1.807, 2.05) is 13.8 Å². The lowest BCUT2D eigenvalue weighted by Gasteiger charge is -2.19. The van der Waals surface area contributed by atoms with Crippen molar-refractivity contribution in [1.29, 1.82) is 0 Å². The summed E-state index contributed by atoms with van der Waals surface area (Å²) in [5.74, 6) is -0.261. The number of nitro benzene ring substituents is 1. The van der Waals surface area contributed by atoms with Crippen molar-refractivity contribution in [3.8, 4) is 0 Å². The summed E-state index contributed by atoms with van der Waals surface area (Å²) in [6.07, 6.45) is 0.734. The Kier molecular flexibility index (Phi) is 4.66. The van der Waals surface area contributed by atoms with Crippen LogP contribution < -0.4 is 5.32 Å². The SMILES string of the molecule is Cc1ccc(C2(c3ccc(C)cc3)C[C@H]2C(=O)Nc2ccc([N+](=O)[O-])cc2)cc1. The van der Waals surface area contributed by atoms with Gasteiger partial charge in [0, 0.05) is 23.2 Å². The van der Waals surface area contributed by atoms with Gasteiger partial charge in [0.2, 0.25) is 5.91 Å². The normalized spacial score (nSPS) is 16.8. The molecule has 5 nitrogen and oxygen atoms in total. The average Bonchev–Trinajstić information content (AvgIpc) is 3.46. The number of carbonyl (C=O) groups excluding carboxylic acids is 1. The van der Waals surface area contributed by atoms with E-state index < -0.39 is 4.92 Å². The quantitative estimate of drug-likeness (QED) is 0.486. The van der Waals surface area contributed by atoms with Gasteiger partial charge in [0.05, 0.1) is 10.8 Å². The first-order chi connectivity index (χ1) is 13.9. The molecule has 3 aromatic rings. The van der Waals surface area contributed by atoms with Crippen LogP contribution in [0.2, 0.25) is 0 Å². The van der Waals surface area contributed by atoms with Crippen molar-refractivity contribution in [1.82, 2.24) is 0 Å². The van der Waals surface area contributed by atoms with E-state index >= 15 is 0 Å². The van der Waals surface area contributed by atoms with Gasteiger partial charge in [-0.2, -0.15) is 0 Å². The van der Waals surface area contributed by atoms with Crippen molar-refractivity contribution < 1.29 is 9.72 Å². The second-order valence-corrected chi connectivity index (χ2v) is 7.75. The van der Waals surface area contributed by atoms with Crippen molar-refractivity contribution in [3.63, 3.8) is 0 Å². The number of aryl methyl sites for hydroxylation is 2. The summed E-state index contributed by atoms with van der Waals surface area (Å²) in [5, 5.41) is 13.7. The van der Waals surface area contributed by atoms with Crippen LogP contribution in [0.4, 0.5) is 11.4 Å². The highest BCUT2D eigenvalue weighted by Crippen LogP contribution is 2.59. The Morgan fingerprint density at radius 2 is 1.38 bits per heavy atom. The summed E-state index contributed by atoms with van der Waals surface area (Å²) in [7, 11) is 0. The maximum absolute atomic E-state index is 13.0. The zero-order valence-electron chi connectivity index (χ0n) is 16.4. The molecular weight excluding hydrogens is 364 g/mol. The van der Waals surface area contributed by atoms with E-state index in [9.17, 15) is 14.9 Å². The van der Waals surface area contributed by atoms with Gasteiger partial charge in [-0.05, 0) is 43.5 Å². The zero-order chi connectivity index (χ0) is 20.6. The summed E-state index contributed by atoms with van der Waals surface area (Å²) in [5.41, 5.74) is 4.86. The molecule has 1 amide bonds. The molecule has 0 aliphatic heterocycles. The lowest BCUT2D eigenvalue weighted by Crippen LogP contribution is -2.22. The molecule has 1 fully saturated rings. The maximum atomic E-state index is 13.0. The van der Waals surface area contributed by atoms with Gasteiger partial charge in [0.25, 0.3) is 5.69 Å². The zero-order valence-corrected chi connectivity index (χ0v) is 16.4. The number of anilines is 1. The standard InChI is InChI=1S/C24H22N2O3/c1-16-3-7-18(8-4-16)24(19-9-5-17(2)6-10-19)15-22(24)23(27)25-20-11-13-21(14-12-20)26(28)29/h3-14,22H,15H2,1-2H3,(H,25,27)/t22-/m0/s1. The van der Waals surface area contributed by atoms with E-state index in [1.165, 1.54) is 23.3 Å². The van der Waals surface area contributed by atoms with E-state index in [0.29, 0.717) is 5.69 Å². The molecule has 0 bridgehead atoms. The number of hydrogen-bond acceptors (Lipinski definition) is 3. The van der Waals surface area contributed by atoms with Crippen LogP contribution in [0.3, 0.4) is 0 Å². The van der Waals surface area contributed by atoms with Gasteiger partial charge in [-0.15, -0.1) is 0 Å². The maximum Gasteiger partial charge on any atom is 0.269 e. The van der Waals surface area contributed by atoms with E-state index in [-0.39, 0.29) is 22.9 Å². The topological polar surface area (TPSA) is 72.2 Å². The molecule has 146 valence electrons.